The van der Waals surface area contributed by atoms with Crippen LogP contribution in [0.1, 0.15) is 30.0 Å². The number of ether oxygens (including phenoxy) is 1. The smallest absolute Gasteiger partial charge is 0.245 e. The Morgan fingerprint density at radius 1 is 1.04 bits per heavy atom. The van der Waals surface area contributed by atoms with Crippen molar-refractivity contribution in [2.45, 2.75) is 18.5 Å². The molecule has 0 saturated carbocycles. The maximum atomic E-state index is 5.44. The molecule has 0 bridgehead atoms. The Hall–Kier alpha value is -2.70. The first-order valence-electron chi connectivity index (χ1n) is 7.87. The molecule has 2 aromatic carbocycles. The number of nitrogens with zero attached hydrogens (tertiary/aromatic N) is 2. The second-order valence-corrected chi connectivity index (χ2v) is 5.73. The first-order valence-corrected chi connectivity index (χ1v) is 7.87. The molecule has 1 fully saturated rings. The van der Waals surface area contributed by atoms with Crippen LogP contribution in [0.5, 0.6) is 5.75 Å². The van der Waals surface area contributed by atoms with Gasteiger partial charge < -0.3 is 9.26 Å². The zero-order chi connectivity index (χ0) is 16.4. The first kappa shape index (κ1) is 14.9. The van der Waals surface area contributed by atoms with Crippen LogP contribution in [0, 0.1) is 0 Å². The van der Waals surface area contributed by atoms with Crippen molar-refractivity contribution < 1.29 is 9.26 Å². The number of benzene rings is 2. The third-order valence-corrected chi connectivity index (χ3v) is 4.17. The molecule has 6 nitrogen and oxygen atoms in total. The Kier molecular flexibility index (Phi) is 3.98. The fraction of sp³-hybridized carbons (Fsp3) is 0.222. The van der Waals surface area contributed by atoms with Crippen molar-refractivity contribution in [2.24, 2.45) is 0 Å². The predicted molar refractivity (Wildman–Crippen MR) is 89.1 cm³/mol. The van der Waals surface area contributed by atoms with Gasteiger partial charge in [-0.25, -0.2) is 10.9 Å². The van der Waals surface area contributed by atoms with Gasteiger partial charge in [0.05, 0.1) is 7.11 Å². The lowest BCUT2D eigenvalue weighted by Crippen LogP contribution is -2.26. The van der Waals surface area contributed by atoms with Gasteiger partial charge in [-0.2, -0.15) is 4.98 Å². The summed E-state index contributed by atoms with van der Waals surface area (Å²) >= 11 is 0. The quantitative estimate of drug-likeness (QED) is 0.769. The summed E-state index contributed by atoms with van der Waals surface area (Å²) in [7, 11) is 1.67. The fourth-order valence-electron chi connectivity index (χ4n) is 2.88. The zero-order valence-corrected chi connectivity index (χ0v) is 13.3. The van der Waals surface area contributed by atoms with Gasteiger partial charge in [0.1, 0.15) is 11.8 Å². The Bertz CT molecular complexity index is 819. The van der Waals surface area contributed by atoms with Gasteiger partial charge in [-0.05, 0) is 24.1 Å². The van der Waals surface area contributed by atoms with Gasteiger partial charge in [0.15, 0.2) is 0 Å². The molecule has 6 heteroatoms. The van der Waals surface area contributed by atoms with Crippen LogP contribution in [0.2, 0.25) is 0 Å². The van der Waals surface area contributed by atoms with Crippen molar-refractivity contribution in [3.8, 4) is 17.1 Å². The highest BCUT2D eigenvalue weighted by Gasteiger charge is 2.30. The van der Waals surface area contributed by atoms with Crippen LogP contribution in [-0.2, 0) is 0 Å². The number of hydrazine groups is 1. The molecule has 2 atom stereocenters. The highest BCUT2D eigenvalue weighted by atomic mass is 16.5. The number of hydrogen-bond acceptors (Lipinski definition) is 6. The first-order chi connectivity index (χ1) is 11.8. The van der Waals surface area contributed by atoms with E-state index < -0.39 is 0 Å². The largest absolute Gasteiger partial charge is 0.497 e. The molecule has 1 aliphatic heterocycles. The minimum atomic E-state index is -0.0221. The van der Waals surface area contributed by atoms with E-state index in [0.717, 1.165) is 23.3 Å². The second kappa shape index (κ2) is 6.43. The van der Waals surface area contributed by atoms with Crippen molar-refractivity contribution in [1.29, 1.82) is 0 Å². The third kappa shape index (κ3) is 2.89. The van der Waals surface area contributed by atoms with Gasteiger partial charge in [0.25, 0.3) is 0 Å². The summed E-state index contributed by atoms with van der Waals surface area (Å²) in [6.07, 6.45) is 0.823. The van der Waals surface area contributed by atoms with Gasteiger partial charge >= 0.3 is 0 Å². The summed E-state index contributed by atoms with van der Waals surface area (Å²) in [5.74, 6) is 2.05. The number of hydrogen-bond donors (Lipinski definition) is 2. The van der Waals surface area contributed by atoms with Crippen molar-refractivity contribution >= 4 is 0 Å². The molecule has 0 spiro atoms. The molecule has 0 amide bonds. The monoisotopic (exact) mass is 322 g/mol. The molecule has 3 aromatic rings. The second-order valence-electron chi connectivity index (χ2n) is 5.73. The van der Waals surface area contributed by atoms with E-state index in [1.54, 1.807) is 7.11 Å². The molecule has 2 heterocycles. The average molecular weight is 322 g/mol. The fourth-order valence-corrected chi connectivity index (χ4v) is 2.88. The predicted octanol–water partition coefficient (Wildman–Crippen LogP) is 3.03. The van der Waals surface area contributed by atoms with Crippen molar-refractivity contribution in [2.75, 3.05) is 7.11 Å². The topological polar surface area (TPSA) is 72.2 Å². The lowest BCUT2D eigenvalue weighted by molar-refractivity contribution is 0.340. The summed E-state index contributed by atoms with van der Waals surface area (Å²) in [6, 6.07) is 18.0. The molecular formula is C18H18N4O2. The Labute approximate surface area is 139 Å². The average Bonchev–Trinajstić information content (AvgIpc) is 3.32. The molecule has 1 aromatic heterocycles. The SMILES string of the molecule is COc1cccc(C2CC(c3nc(-c4ccccc4)no3)NN2)c1. The van der Waals surface area contributed by atoms with Crippen LogP contribution in [0.25, 0.3) is 11.4 Å². The van der Waals surface area contributed by atoms with Gasteiger partial charge in [-0.15, -0.1) is 0 Å². The molecule has 122 valence electrons. The Balaban J connectivity index is 1.50. The summed E-state index contributed by atoms with van der Waals surface area (Å²) in [4.78, 5) is 4.52. The molecule has 2 N–H and O–H groups in total. The summed E-state index contributed by atoms with van der Waals surface area (Å²) < 4.78 is 10.7. The highest BCUT2D eigenvalue weighted by Crippen LogP contribution is 2.32. The van der Waals surface area contributed by atoms with E-state index in [-0.39, 0.29) is 12.1 Å². The standard InChI is InChI=1S/C18H18N4O2/c1-23-14-9-5-8-13(10-14)15-11-16(21-20-15)18-19-17(22-24-18)12-6-3-2-4-7-12/h2-10,15-16,20-21H,11H2,1H3. The molecule has 1 aliphatic rings. The van der Waals surface area contributed by atoms with E-state index in [2.05, 4.69) is 27.1 Å². The van der Waals surface area contributed by atoms with E-state index in [4.69, 9.17) is 9.26 Å². The third-order valence-electron chi connectivity index (χ3n) is 4.17. The van der Waals surface area contributed by atoms with Crippen molar-refractivity contribution in [3.63, 3.8) is 0 Å². The van der Waals surface area contributed by atoms with Crippen LogP contribution < -0.4 is 15.6 Å². The van der Waals surface area contributed by atoms with E-state index in [0.29, 0.717) is 11.7 Å². The molecule has 1 saturated heterocycles. The molecular weight excluding hydrogens is 304 g/mol. The lowest BCUT2D eigenvalue weighted by atomic mass is 10.0. The van der Waals surface area contributed by atoms with Gasteiger partial charge in [-0.1, -0.05) is 47.6 Å². The molecule has 0 radical (unpaired) electrons. The van der Waals surface area contributed by atoms with E-state index in [1.807, 2.05) is 48.5 Å². The minimum Gasteiger partial charge on any atom is -0.497 e. The van der Waals surface area contributed by atoms with Gasteiger partial charge in [0.2, 0.25) is 11.7 Å². The summed E-state index contributed by atoms with van der Waals surface area (Å²) in [5.41, 5.74) is 8.63. The number of nitrogens with one attached hydrogen (secondary N) is 2. The minimum absolute atomic E-state index is 0.0221. The van der Waals surface area contributed by atoms with Crippen LogP contribution in [0.4, 0.5) is 0 Å². The van der Waals surface area contributed by atoms with Crippen molar-refractivity contribution in [1.82, 2.24) is 21.0 Å². The maximum Gasteiger partial charge on any atom is 0.245 e. The summed E-state index contributed by atoms with van der Waals surface area (Å²) in [6.45, 7) is 0. The van der Waals surface area contributed by atoms with E-state index in [1.165, 1.54) is 0 Å². The normalized spacial score (nSPS) is 20.2. The lowest BCUT2D eigenvalue weighted by Gasteiger charge is -2.10. The van der Waals surface area contributed by atoms with Crippen molar-refractivity contribution in [3.05, 3.63) is 66.1 Å². The molecule has 24 heavy (non-hydrogen) atoms. The summed E-state index contributed by atoms with van der Waals surface area (Å²) in [5, 5.41) is 4.08. The number of rotatable bonds is 4. The number of aromatic nitrogens is 2. The number of methoxy groups -OCH3 is 1. The molecule has 2 unspecified atom stereocenters. The van der Waals surface area contributed by atoms with Gasteiger partial charge in [-0.3, -0.25) is 0 Å². The van der Waals surface area contributed by atoms with Crippen LogP contribution >= 0.6 is 0 Å². The van der Waals surface area contributed by atoms with Crippen LogP contribution in [0.3, 0.4) is 0 Å². The Morgan fingerprint density at radius 2 is 1.88 bits per heavy atom. The highest BCUT2D eigenvalue weighted by molar-refractivity contribution is 5.53. The Morgan fingerprint density at radius 3 is 2.71 bits per heavy atom. The van der Waals surface area contributed by atoms with Crippen LogP contribution in [-0.4, -0.2) is 17.3 Å². The van der Waals surface area contributed by atoms with E-state index >= 15 is 0 Å². The van der Waals surface area contributed by atoms with E-state index in [9.17, 15) is 0 Å². The molecule has 4 rings (SSSR count). The van der Waals surface area contributed by atoms with Gasteiger partial charge in [0, 0.05) is 11.6 Å². The zero-order valence-electron chi connectivity index (χ0n) is 13.3. The molecule has 0 aliphatic carbocycles. The van der Waals surface area contributed by atoms with Crippen LogP contribution in [0.15, 0.2) is 59.1 Å². The maximum absolute atomic E-state index is 5.44.